The van der Waals surface area contributed by atoms with Gasteiger partial charge in [0, 0.05) is 22.0 Å². The summed E-state index contributed by atoms with van der Waals surface area (Å²) < 4.78 is 32.5. The van der Waals surface area contributed by atoms with Crippen molar-refractivity contribution in [3.05, 3.63) is 40.1 Å². The molecule has 0 spiro atoms. The highest BCUT2D eigenvalue weighted by molar-refractivity contribution is 7.93. The maximum atomic E-state index is 12.4. The van der Waals surface area contributed by atoms with Crippen LogP contribution in [0.2, 0.25) is 0 Å². The van der Waals surface area contributed by atoms with Crippen molar-refractivity contribution in [1.82, 2.24) is 5.32 Å². The first-order chi connectivity index (χ1) is 9.96. The predicted molar refractivity (Wildman–Crippen MR) is 85.6 cm³/mol. The molecular weight excluding hydrogens is 308 g/mol. The molecule has 0 unspecified atom stereocenters. The third-order valence-corrected chi connectivity index (χ3v) is 5.59. The van der Waals surface area contributed by atoms with Gasteiger partial charge >= 0.3 is 0 Å². The molecule has 1 aromatic carbocycles. The average Bonchev–Trinajstić information content (AvgIpc) is 2.81. The number of sulfonamides is 1. The van der Waals surface area contributed by atoms with Crippen LogP contribution in [0.1, 0.15) is 9.75 Å². The van der Waals surface area contributed by atoms with Crippen molar-refractivity contribution in [2.24, 2.45) is 0 Å². The van der Waals surface area contributed by atoms with E-state index in [2.05, 4.69) is 10.0 Å². The van der Waals surface area contributed by atoms with Crippen molar-refractivity contribution in [3.8, 4) is 5.75 Å². The Morgan fingerprint density at radius 3 is 2.48 bits per heavy atom. The van der Waals surface area contributed by atoms with E-state index < -0.39 is 10.0 Å². The second-order valence-electron chi connectivity index (χ2n) is 4.50. The molecular formula is C14H18N2O3S2. The fourth-order valence-electron chi connectivity index (χ4n) is 1.92. The zero-order chi connectivity index (χ0) is 15.5. The summed E-state index contributed by atoms with van der Waals surface area (Å²) in [6.45, 7) is 2.47. The Morgan fingerprint density at radius 2 is 1.90 bits per heavy atom. The second kappa shape index (κ2) is 6.46. The smallest absolute Gasteiger partial charge is 0.263 e. The number of rotatable bonds is 6. The maximum Gasteiger partial charge on any atom is 0.263 e. The topological polar surface area (TPSA) is 67.4 Å². The van der Waals surface area contributed by atoms with Crippen LogP contribution in [0, 0.1) is 6.92 Å². The van der Waals surface area contributed by atoms with E-state index in [1.54, 1.807) is 37.4 Å². The second-order valence-corrected chi connectivity index (χ2v) is 7.49. The highest BCUT2D eigenvalue weighted by atomic mass is 32.2. The molecule has 0 saturated carbocycles. The zero-order valence-electron chi connectivity index (χ0n) is 12.1. The Morgan fingerprint density at radius 1 is 1.24 bits per heavy atom. The van der Waals surface area contributed by atoms with Crippen molar-refractivity contribution >= 4 is 27.0 Å². The minimum atomic E-state index is -3.57. The van der Waals surface area contributed by atoms with E-state index >= 15 is 0 Å². The van der Waals surface area contributed by atoms with Gasteiger partial charge in [-0.05, 0) is 44.3 Å². The quantitative estimate of drug-likeness (QED) is 0.856. The number of benzene rings is 1. The van der Waals surface area contributed by atoms with E-state index in [1.165, 1.54) is 11.3 Å². The summed E-state index contributed by atoms with van der Waals surface area (Å²) in [4.78, 5) is 2.10. The van der Waals surface area contributed by atoms with Gasteiger partial charge < -0.3 is 10.1 Å². The molecule has 1 heterocycles. The number of nitrogens with one attached hydrogen (secondary N) is 2. The molecule has 0 fully saturated rings. The first-order valence-electron chi connectivity index (χ1n) is 6.37. The lowest BCUT2D eigenvalue weighted by molar-refractivity contribution is 0.415. The van der Waals surface area contributed by atoms with E-state index in [0.717, 1.165) is 9.75 Å². The highest BCUT2D eigenvalue weighted by Crippen LogP contribution is 2.27. The van der Waals surface area contributed by atoms with Crippen LogP contribution in [0.5, 0.6) is 5.75 Å². The van der Waals surface area contributed by atoms with Crippen LogP contribution >= 0.6 is 11.3 Å². The summed E-state index contributed by atoms with van der Waals surface area (Å²) in [5.74, 6) is 0.681. The molecule has 0 radical (unpaired) electrons. The van der Waals surface area contributed by atoms with Crippen molar-refractivity contribution in [2.75, 3.05) is 18.9 Å². The van der Waals surface area contributed by atoms with E-state index in [-0.39, 0.29) is 0 Å². The average molecular weight is 326 g/mol. The molecule has 0 aliphatic rings. The van der Waals surface area contributed by atoms with Gasteiger partial charge in [0.15, 0.2) is 0 Å². The molecule has 2 rings (SSSR count). The van der Waals surface area contributed by atoms with Crippen LogP contribution in [0.25, 0.3) is 0 Å². The molecule has 0 atom stereocenters. The lowest BCUT2D eigenvalue weighted by Crippen LogP contribution is -2.13. The van der Waals surface area contributed by atoms with Crippen LogP contribution in [-0.2, 0) is 16.6 Å². The van der Waals surface area contributed by atoms with Gasteiger partial charge in [-0.2, -0.15) is 0 Å². The van der Waals surface area contributed by atoms with Gasteiger partial charge in [-0.15, -0.1) is 11.3 Å². The van der Waals surface area contributed by atoms with Gasteiger partial charge in [0.2, 0.25) is 0 Å². The molecule has 7 heteroatoms. The van der Waals surface area contributed by atoms with Crippen molar-refractivity contribution in [2.45, 2.75) is 18.4 Å². The number of ether oxygens (including phenoxy) is 1. The molecule has 0 amide bonds. The Kier molecular flexibility index (Phi) is 4.87. The minimum Gasteiger partial charge on any atom is -0.497 e. The maximum absolute atomic E-state index is 12.4. The van der Waals surface area contributed by atoms with Gasteiger partial charge in [0.25, 0.3) is 10.0 Å². The summed E-state index contributed by atoms with van der Waals surface area (Å²) in [6, 6.07) is 8.48. The number of hydrogen-bond acceptors (Lipinski definition) is 5. The fraction of sp³-hybridized carbons (Fsp3) is 0.286. The summed E-state index contributed by atoms with van der Waals surface area (Å²) >= 11 is 1.48. The third-order valence-electron chi connectivity index (χ3n) is 2.91. The first kappa shape index (κ1) is 15.8. The molecule has 0 saturated heterocycles. The van der Waals surface area contributed by atoms with Gasteiger partial charge in [-0.3, -0.25) is 4.72 Å². The lowest BCUT2D eigenvalue weighted by atomic mass is 10.3. The molecule has 114 valence electrons. The summed E-state index contributed by atoms with van der Waals surface area (Å²) in [6.07, 6.45) is 0. The van der Waals surface area contributed by atoms with Crippen molar-refractivity contribution in [3.63, 3.8) is 0 Å². The Bertz CT molecular complexity index is 706. The van der Waals surface area contributed by atoms with Crippen molar-refractivity contribution in [1.29, 1.82) is 0 Å². The van der Waals surface area contributed by atoms with Crippen LogP contribution < -0.4 is 14.8 Å². The van der Waals surface area contributed by atoms with E-state index in [1.807, 2.05) is 14.0 Å². The molecule has 0 aliphatic heterocycles. The largest absolute Gasteiger partial charge is 0.497 e. The number of aryl methyl sites for hydroxylation is 1. The van der Waals surface area contributed by atoms with Crippen LogP contribution in [0.4, 0.5) is 5.69 Å². The minimum absolute atomic E-state index is 0.327. The first-order valence-corrected chi connectivity index (χ1v) is 8.67. The molecule has 2 aromatic rings. The van der Waals surface area contributed by atoms with Gasteiger partial charge in [0.1, 0.15) is 10.6 Å². The van der Waals surface area contributed by atoms with E-state index in [9.17, 15) is 8.42 Å². The van der Waals surface area contributed by atoms with E-state index in [0.29, 0.717) is 22.9 Å². The van der Waals surface area contributed by atoms with Crippen LogP contribution in [0.15, 0.2) is 35.2 Å². The van der Waals surface area contributed by atoms with E-state index in [4.69, 9.17) is 4.74 Å². The standard InChI is InChI=1S/C14H18N2O3S2/c1-10-14(8-13(20-10)9-15-2)21(17,18)16-11-4-6-12(19-3)7-5-11/h4-8,15-16H,9H2,1-3H3. The van der Waals surface area contributed by atoms with Crippen molar-refractivity contribution < 1.29 is 13.2 Å². The number of hydrogen-bond donors (Lipinski definition) is 2. The Labute approximate surface area is 129 Å². The van der Waals surface area contributed by atoms with Gasteiger partial charge in [0.05, 0.1) is 7.11 Å². The summed E-state index contributed by atoms with van der Waals surface area (Å²) in [7, 11) is -0.170. The molecule has 2 N–H and O–H groups in total. The SMILES string of the molecule is CNCc1cc(S(=O)(=O)Nc2ccc(OC)cc2)c(C)s1. The monoisotopic (exact) mass is 326 g/mol. The molecule has 5 nitrogen and oxygen atoms in total. The number of methoxy groups -OCH3 is 1. The molecule has 0 aliphatic carbocycles. The normalized spacial score (nSPS) is 11.4. The lowest BCUT2D eigenvalue weighted by Gasteiger charge is -2.08. The molecule has 1 aromatic heterocycles. The third kappa shape index (κ3) is 3.75. The number of thiophene rings is 1. The number of anilines is 1. The van der Waals surface area contributed by atoms with Gasteiger partial charge in [-0.1, -0.05) is 0 Å². The molecule has 0 bridgehead atoms. The molecule has 21 heavy (non-hydrogen) atoms. The summed E-state index contributed by atoms with van der Waals surface area (Å²) in [5, 5.41) is 3.02. The van der Waals surface area contributed by atoms with Crippen LogP contribution in [0.3, 0.4) is 0 Å². The Hall–Kier alpha value is -1.57. The zero-order valence-corrected chi connectivity index (χ0v) is 13.8. The van der Waals surface area contributed by atoms with Gasteiger partial charge in [-0.25, -0.2) is 8.42 Å². The fourth-order valence-corrected chi connectivity index (χ4v) is 4.63. The van der Waals surface area contributed by atoms with Crippen LogP contribution in [-0.4, -0.2) is 22.6 Å². The predicted octanol–water partition coefficient (Wildman–Crippen LogP) is 2.59. The Balaban J connectivity index is 2.24. The summed E-state index contributed by atoms with van der Waals surface area (Å²) in [5.41, 5.74) is 0.511. The highest BCUT2D eigenvalue weighted by Gasteiger charge is 2.20.